The van der Waals surface area contributed by atoms with Crippen LogP contribution in [0.3, 0.4) is 0 Å². The minimum absolute atomic E-state index is 0. The Morgan fingerprint density at radius 2 is 1.28 bits per heavy atom. The Hall–Kier alpha value is -0.140. The Balaban J connectivity index is 0.00000120. The van der Waals surface area contributed by atoms with E-state index in [9.17, 15) is 0 Å². The van der Waals surface area contributed by atoms with Crippen LogP contribution in [-0.4, -0.2) is 6.65 Å². The van der Waals surface area contributed by atoms with Crippen molar-refractivity contribution in [3.8, 4) is 0 Å². The van der Waals surface area contributed by atoms with Gasteiger partial charge in [0.2, 0.25) is 0 Å². The van der Waals surface area contributed by atoms with Gasteiger partial charge in [-0.3, -0.25) is 0 Å². The van der Waals surface area contributed by atoms with Gasteiger partial charge < -0.3 is 0 Å². The summed E-state index contributed by atoms with van der Waals surface area (Å²) in [4.78, 5) is 0. The molecular formula is C25H34Cl2SiZr. The average Bonchev–Trinajstić information content (AvgIpc) is 3.34. The van der Waals surface area contributed by atoms with Crippen molar-refractivity contribution in [2.24, 2.45) is 11.8 Å². The fraction of sp³-hybridized carbons (Fsp3) is 0.440. The van der Waals surface area contributed by atoms with Gasteiger partial charge in [0, 0.05) is 0 Å². The second-order valence-electron chi connectivity index (χ2n) is 9.48. The predicted octanol–water partition coefficient (Wildman–Crippen LogP) is 6.61. The normalized spacial score (nSPS) is 31.9. The molecule has 0 amide bonds. The summed E-state index contributed by atoms with van der Waals surface area (Å²) in [7, 11) is 0. The van der Waals surface area contributed by atoms with Gasteiger partial charge in [-0.15, -0.1) is 24.8 Å². The Morgan fingerprint density at radius 3 is 1.79 bits per heavy atom. The van der Waals surface area contributed by atoms with Crippen molar-refractivity contribution in [3.05, 3.63) is 77.9 Å². The van der Waals surface area contributed by atoms with E-state index >= 15 is 0 Å². The third kappa shape index (κ3) is 4.43. The molecule has 0 saturated heterocycles. The van der Waals surface area contributed by atoms with Gasteiger partial charge >= 0.3 is 171 Å². The van der Waals surface area contributed by atoms with Crippen molar-refractivity contribution < 1.29 is 19.4 Å². The molecule has 2 fully saturated rings. The van der Waals surface area contributed by atoms with Crippen LogP contribution in [0.4, 0.5) is 0 Å². The van der Waals surface area contributed by atoms with Crippen molar-refractivity contribution >= 4 is 36.6 Å². The third-order valence-electron chi connectivity index (χ3n) is 8.07. The number of benzene rings is 1. The molecule has 0 radical (unpaired) electrons. The second-order valence-corrected chi connectivity index (χ2v) is 33.1. The maximum absolute atomic E-state index is 2.91. The standard InChI is InChI=1S/2C9H11.C6H7Si.CH3.2ClH.Zr/c2*1-2-5-9-7-3-6-8(9)4-1;7-6-4-2-1-3-5-6;;;;/h2*1-2,4,6,9H,3,5,7H2;1-5H,7H2;1H3;2*1H;. The molecule has 2 saturated carbocycles. The number of hydrogen-bond donors (Lipinski definition) is 0. The van der Waals surface area contributed by atoms with E-state index in [1.165, 1.54) is 38.5 Å². The molecule has 0 aromatic heterocycles. The molecule has 156 valence electrons. The van der Waals surface area contributed by atoms with Gasteiger partial charge in [0.1, 0.15) is 0 Å². The summed E-state index contributed by atoms with van der Waals surface area (Å²) in [5.41, 5.74) is 3.80. The molecule has 4 aliphatic rings. The second kappa shape index (κ2) is 9.99. The summed E-state index contributed by atoms with van der Waals surface area (Å²) in [6.07, 6.45) is 23.3. The van der Waals surface area contributed by atoms with Crippen LogP contribution >= 0.6 is 24.8 Å². The molecule has 1 aromatic carbocycles. The molecule has 5 rings (SSSR count). The van der Waals surface area contributed by atoms with Gasteiger partial charge in [-0.1, -0.05) is 0 Å². The van der Waals surface area contributed by atoms with Crippen LogP contribution in [0.15, 0.2) is 77.9 Å². The van der Waals surface area contributed by atoms with E-state index in [2.05, 4.69) is 71.4 Å². The van der Waals surface area contributed by atoms with Crippen molar-refractivity contribution in [3.63, 3.8) is 0 Å². The van der Waals surface area contributed by atoms with Crippen molar-refractivity contribution in [1.29, 1.82) is 0 Å². The van der Waals surface area contributed by atoms with Crippen LogP contribution in [0, 0.1) is 11.8 Å². The van der Waals surface area contributed by atoms with Crippen molar-refractivity contribution in [2.45, 2.75) is 50.4 Å². The van der Waals surface area contributed by atoms with Crippen LogP contribution in [0.5, 0.6) is 0 Å². The summed E-state index contributed by atoms with van der Waals surface area (Å²) >= 11 is -2.37. The molecule has 4 aliphatic carbocycles. The number of allylic oxidation sites excluding steroid dienone is 8. The Bertz CT molecular complexity index is 780. The first-order valence-electron chi connectivity index (χ1n) is 11.0. The first-order chi connectivity index (χ1) is 13.3. The topological polar surface area (TPSA) is 0 Å². The van der Waals surface area contributed by atoms with Gasteiger partial charge in [-0.2, -0.15) is 0 Å². The molecule has 29 heavy (non-hydrogen) atoms. The zero-order chi connectivity index (χ0) is 18.3. The van der Waals surface area contributed by atoms with E-state index < -0.39 is 19.4 Å². The molecule has 0 N–H and O–H groups in total. The Labute approximate surface area is 195 Å². The van der Waals surface area contributed by atoms with E-state index in [0.29, 0.717) is 0 Å². The van der Waals surface area contributed by atoms with Gasteiger partial charge in [0.25, 0.3) is 0 Å². The van der Waals surface area contributed by atoms with E-state index in [-0.39, 0.29) is 31.5 Å². The molecule has 4 unspecified atom stereocenters. The summed E-state index contributed by atoms with van der Waals surface area (Å²) in [6, 6.07) is 11.7. The van der Waals surface area contributed by atoms with Gasteiger partial charge in [-0.25, -0.2) is 0 Å². The molecule has 0 nitrogen and oxygen atoms in total. The van der Waals surface area contributed by atoms with Crippen LogP contribution in [0.25, 0.3) is 0 Å². The summed E-state index contributed by atoms with van der Waals surface area (Å²) in [5, 5.41) is 1.75. The maximum atomic E-state index is 2.91. The van der Waals surface area contributed by atoms with Crippen molar-refractivity contribution in [1.82, 2.24) is 0 Å². The number of rotatable bonds is 4. The molecule has 0 aliphatic heterocycles. The molecule has 4 atom stereocenters. The van der Waals surface area contributed by atoms with Crippen LogP contribution in [0.1, 0.15) is 38.5 Å². The van der Waals surface area contributed by atoms with Gasteiger partial charge in [0.15, 0.2) is 0 Å². The number of halogens is 2. The molecule has 0 spiro atoms. The molecule has 4 heteroatoms. The van der Waals surface area contributed by atoms with Crippen LogP contribution in [0.2, 0.25) is 11.9 Å². The predicted molar refractivity (Wildman–Crippen MR) is 132 cm³/mol. The summed E-state index contributed by atoms with van der Waals surface area (Å²) in [6.45, 7) is -0.167. The monoisotopic (exact) mass is 522 g/mol. The molecule has 0 bridgehead atoms. The fourth-order valence-electron chi connectivity index (χ4n) is 6.77. The fourth-order valence-corrected chi connectivity index (χ4v) is 36.3. The zero-order valence-corrected chi connectivity index (χ0v) is 22.9. The van der Waals surface area contributed by atoms with E-state index in [1.54, 1.807) is 5.19 Å². The van der Waals surface area contributed by atoms with Crippen LogP contribution in [-0.2, 0) is 19.4 Å². The third-order valence-corrected chi connectivity index (χ3v) is 35.1. The molecular weight excluding hydrogens is 490 g/mol. The first kappa shape index (κ1) is 23.5. The van der Waals surface area contributed by atoms with E-state index in [0.717, 1.165) is 19.1 Å². The van der Waals surface area contributed by atoms with E-state index in [1.807, 2.05) is 11.1 Å². The quantitative estimate of drug-likeness (QED) is 0.389. The Morgan fingerprint density at radius 1 is 0.759 bits per heavy atom. The molecule has 0 heterocycles. The van der Waals surface area contributed by atoms with Gasteiger partial charge in [-0.05, 0) is 0 Å². The van der Waals surface area contributed by atoms with E-state index in [4.69, 9.17) is 0 Å². The summed E-state index contributed by atoms with van der Waals surface area (Å²) in [5.74, 6) is 1.77. The van der Waals surface area contributed by atoms with Crippen LogP contribution < -0.4 is 5.19 Å². The first-order valence-corrected chi connectivity index (χ1v) is 23.0. The van der Waals surface area contributed by atoms with Crippen molar-refractivity contribution in [2.75, 3.05) is 0 Å². The minimum atomic E-state index is -2.37. The summed E-state index contributed by atoms with van der Waals surface area (Å²) < 4.78 is 4.93. The molecule has 1 aromatic rings. The number of fused-ring (bicyclic) bond motifs is 2. The zero-order valence-electron chi connectivity index (χ0n) is 17.4. The Kier molecular flexibility index (Phi) is 8.10. The average molecular weight is 525 g/mol. The van der Waals surface area contributed by atoms with Gasteiger partial charge in [0.05, 0.1) is 0 Å². The SMILES string of the molecule is Cl.Cl.[CH3][Zr]([SiH2]c1ccccc1)([CH]1CCC2CC=CC=C21)[CH]1CCC2CC=CC=C21. The number of hydrogen-bond acceptors (Lipinski definition) is 0.